The molecule has 0 radical (unpaired) electrons. The van der Waals surface area contributed by atoms with E-state index in [9.17, 15) is 0 Å². The Labute approximate surface area is 114 Å². The largest absolute Gasteiger partial charge is 0.493 e. The van der Waals surface area contributed by atoms with Crippen LogP contribution in [0.5, 0.6) is 11.5 Å². The summed E-state index contributed by atoms with van der Waals surface area (Å²) in [6.07, 6.45) is 6.20. The minimum absolute atomic E-state index is 0.361. The number of fused-ring (bicyclic) bond motifs is 1. The van der Waals surface area contributed by atoms with Crippen molar-refractivity contribution >= 4 is 5.71 Å². The number of hydrogen-bond acceptors (Lipinski definition) is 3. The highest BCUT2D eigenvalue weighted by Crippen LogP contribution is 2.38. The molecule has 0 atom stereocenters. The van der Waals surface area contributed by atoms with Gasteiger partial charge in [0.15, 0.2) is 11.5 Å². The predicted molar refractivity (Wildman–Crippen MR) is 76.7 cm³/mol. The molecule has 3 nitrogen and oxygen atoms in total. The summed E-state index contributed by atoms with van der Waals surface area (Å²) in [5.41, 5.74) is 3.61. The van der Waals surface area contributed by atoms with Crippen LogP contribution in [0.2, 0.25) is 0 Å². The van der Waals surface area contributed by atoms with Crippen molar-refractivity contribution in [2.75, 3.05) is 13.7 Å². The van der Waals surface area contributed by atoms with E-state index in [2.05, 4.69) is 18.0 Å². The molecule has 0 amide bonds. The van der Waals surface area contributed by atoms with Crippen LogP contribution in [0, 0.1) is 0 Å². The van der Waals surface area contributed by atoms with Crippen LogP contribution >= 0.6 is 0 Å². The molecule has 0 spiro atoms. The van der Waals surface area contributed by atoms with Gasteiger partial charge in [0.05, 0.1) is 13.2 Å². The van der Waals surface area contributed by atoms with E-state index in [1.165, 1.54) is 36.8 Å². The number of methoxy groups -OCH3 is 1. The Hall–Kier alpha value is -1.51. The zero-order valence-corrected chi connectivity index (χ0v) is 11.7. The average molecular weight is 259 g/mol. The summed E-state index contributed by atoms with van der Waals surface area (Å²) < 4.78 is 11.8. The molecule has 1 aromatic carbocycles. The quantitative estimate of drug-likeness (QED) is 0.833. The summed E-state index contributed by atoms with van der Waals surface area (Å²) in [5, 5.41) is 0. The lowest BCUT2D eigenvalue weighted by molar-refractivity contribution is 0.198. The molecule has 0 N–H and O–H groups in total. The molecule has 3 rings (SSSR count). The normalized spacial score (nSPS) is 18.9. The van der Waals surface area contributed by atoms with Gasteiger partial charge in [0, 0.05) is 23.4 Å². The second-order valence-corrected chi connectivity index (χ2v) is 5.36. The molecule has 3 heteroatoms. The van der Waals surface area contributed by atoms with Crippen LogP contribution < -0.4 is 9.47 Å². The van der Waals surface area contributed by atoms with Gasteiger partial charge in [0.1, 0.15) is 0 Å². The lowest BCUT2D eigenvalue weighted by Crippen LogP contribution is -2.17. The maximum Gasteiger partial charge on any atom is 0.165 e. The second-order valence-electron chi connectivity index (χ2n) is 5.36. The van der Waals surface area contributed by atoms with Crippen molar-refractivity contribution in [3.05, 3.63) is 23.3 Å². The molecule has 0 unspecified atom stereocenters. The van der Waals surface area contributed by atoms with Crippen LogP contribution in [0.15, 0.2) is 17.1 Å². The Morgan fingerprint density at radius 3 is 2.74 bits per heavy atom. The Kier molecular flexibility index (Phi) is 3.45. The molecule has 19 heavy (non-hydrogen) atoms. The molecule has 1 aliphatic heterocycles. The molecular weight excluding hydrogens is 238 g/mol. The van der Waals surface area contributed by atoms with Crippen LogP contribution in [-0.4, -0.2) is 25.5 Å². The molecule has 1 saturated carbocycles. The molecule has 0 aromatic heterocycles. The zero-order chi connectivity index (χ0) is 13.2. The number of hydrogen-bond donors (Lipinski definition) is 0. The Morgan fingerprint density at radius 1 is 1.21 bits per heavy atom. The first-order valence-electron chi connectivity index (χ1n) is 7.17. The molecule has 0 bridgehead atoms. The fourth-order valence-electron chi connectivity index (χ4n) is 3.08. The predicted octanol–water partition coefficient (Wildman–Crippen LogP) is 3.38. The van der Waals surface area contributed by atoms with Gasteiger partial charge in [-0.3, -0.25) is 4.99 Å². The number of aliphatic imine (C=N–C) groups is 1. The van der Waals surface area contributed by atoms with Crippen LogP contribution in [0.4, 0.5) is 0 Å². The van der Waals surface area contributed by atoms with Crippen molar-refractivity contribution in [1.82, 2.24) is 0 Å². The third kappa shape index (κ3) is 2.34. The van der Waals surface area contributed by atoms with Crippen molar-refractivity contribution in [3.63, 3.8) is 0 Å². The summed E-state index contributed by atoms with van der Waals surface area (Å²) in [6.45, 7) is 2.93. The van der Waals surface area contributed by atoms with Gasteiger partial charge in [0.2, 0.25) is 0 Å². The molecule has 1 heterocycles. The summed E-state index contributed by atoms with van der Waals surface area (Å²) >= 11 is 0. The van der Waals surface area contributed by atoms with Crippen molar-refractivity contribution in [3.8, 4) is 11.5 Å². The topological polar surface area (TPSA) is 30.8 Å². The van der Waals surface area contributed by atoms with E-state index in [4.69, 9.17) is 9.47 Å². The molecular formula is C16H21NO2. The highest BCUT2D eigenvalue weighted by atomic mass is 16.5. The van der Waals surface area contributed by atoms with Crippen LogP contribution in [0.25, 0.3) is 0 Å². The lowest BCUT2D eigenvalue weighted by Gasteiger charge is -2.23. The zero-order valence-electron chi connectivity index (χ0n) is 11.7. The van der Waals surface area contributed by atoms with Gasteiger partial charge in [-0.15, -0.1) is 0 Å². The van der Waals surface area contributed by atoms with Crippen LogP contribution in [0.3, 0.4) is 0 Å². The Balaban J connectivity index is 1.99. The summed E-state index contributed by atoms with van der Waals surface area (Å²) in [7, 11) is 1.72. The first-order chi connectivity index (χ1) is 9.29. The standard InChI is InChI=1S/C16H21NO2/c1-11-13-7-8-15(18-2)16(14(13)9-10-17-11)19-12-5-3-4-6-12/h7-8,12H,3-6,9-10H2,1-2H3. The number of nitrogens with zero attached hydrogens (tertiary/aromatic N) is 1. The Morgan fingerprint density at radius 2 is 2.00 bits per heavy atom. The molecule has 1 aromatic rings. The average Bonchev–Trinajstić information content (AvgIpc) is 2.93. The maximum atomic E-state index is 6.26. The lowest BCUT2D eigenvalue weighted by atomic mass is 9.97. The smallest absolute Gasteiger partial charge is 0.165 e. The monoisotopic (exact) mass is 259 g/mol. The molecule has 1 aliphatic carbocycles. The van der Waals surface area contributed by atoms with E-state index in [1.807, 2.05) is 6.07 Å². The van der Waals surface area contributed by atoms with Gasteiger partial charge in [-0.1, -0.05) is 0 Å². The van der Waals surface area contributed by atoms with Gasteiger partial charge in [-0.05, 0) is 51.2 Å². The third-order valence-electron chi connectivity index (χ3n) is 4.13. The van der Waals surface area contributed by atoms with Gasteiger partial charge in [-0.25, -0.2) is 0 Å². The summed E-state index contributed by atoms with van der Waals surface area (Å²) in [5.74, 6) is 1.82. The van der Waals surface area contributed by atoms with E-state index in [0.717, 1.165) is 30.2 Å². The van der Waals surface area contributed by atoms with Crippen LogP contribution in [-0.2, 0) is 6.42 Å². The van der Waals surface area contributed by atoms with E-state index in [1.54, 1.807) is 7.11 Å². The fraction of sp³-hybridized carbons (Fsp3) is 0.562. The summed E-state index contributed by atoms with van der Waals surface area (Å²) in [4.78, 5) is 4.52. The fourth-order valence-corrected chi connectivity index (χ4v) is 3.08. The van der Waals surface area contributed by atoms with Crippen LogP contribution in [0.1, 0.15) is 43.7 Å². The summed E-state index contributed by atoms with van der Waals surface area (Å²) in [6, 6.07) is 4.11. The van der Waals surface area contributed by atoms with E-state index in [0.29, 0.717) is 6.10 Å². The van der Waals surface area contributed by atoms with Gasteiger partial charge in [0.25, 0.3) is 0 Å². The van der Waals surface area contributed by atoms with E-state index in [-0.39, 0.29) is 0 Å². The first kappa shape index (κ1) is 12.5. The van der Waals surface area contributed by atoms with Crippen molar-refractivity contribution in [1.29, 1.82) is 0 Å². The highest BCUT2D eigenvalue weighted by Gasteiger charge is 2.24. The SMILES string of the molecule is COc1ccc2c(c1OC1CCCC1)CCN=C2C. The third-order valence-corrected chi connectivity index (χ3v) is 4.13. The number of benzene rings is 1. The van der Waals surface area contributed by atoms with E-state index >= 15 is 0 Å². The van der Waals surface area contributed by atoms with E-state index < -0.39 is 0 Å². The number of ether oxygens (including phenoxy) is 2. The minimum Gasteiger partial charge on any atom is -0.493 e. The molecule has 0 saturated heterocycles. The molecule has 1 fully saturated rings. The molecule has 102 valence electrons. The first-order valence-corrected chi connectivity index (χ1v) is 7.17. The second kappa shape index (κ2) is 5.24. The van der Waals surface area contributed by atoms with Crippen molar-refractivity contribution < 1.29 is 9.47 Å². The Bertz CT molecular complexity index is 502. The van der Waals surface area contributed by atoms with Crippen molar-refractivity contribution in [2.45, 2.75) is 45.1 Å². The van der Waals surface area contributed by atoms with Crippen molar-refractivity contribution in [2.24, 2.45) is 4.99 Å². The minimum atomic E-state index is 0.361. The number of rotatable bonds is 3. The molecule has 2 aliphatic rings. The van der Waals surface area contributed by atoms with Gasteiger partial charge in [-0.2, -0.15) is 0 Å². The van der Waals surface area contributed by atoms with Gasteiger partial charge < -0.3 is 9.47 Å². The highest BCUT2D eigenvalue weighted by molar-refractivity contribution is 6.01. The maximum absolute atomic E-state index is 6.26. The van der Waals surface area contributed by atoms with Gasteiger partial charge >= 0.3 is 0 Å².